The van der Waals surface area contributed by atoms with E-state index in [2.05, 4.69) is 5.32 Å². The van der Waals surface area contributed by atoms with Crippen LogP contribution >= 0.6 is 0 Å². The van der Waals surface area contributed by atoms with Crippen molar-refractivity contribution in [2.24, 2.45) is 5.41 Å². The third kappa shape index (κ3) is 3.24. The summed E-state index contributed by atoms with van der Waals surface area (Å²) in [6.45, 7) is 9.27. The first kappa shape index (κ1) is 12.8. The Morgan fingerprint density at radius 2 is 1.92 bits per heavy atom. The second-order valence-corrected chi connectivity index (χ2v) is 3.79. The fraction of sp³-hybridized carbons (Fsp3) is 1.00. The maximum atomic E-state index is 13.2. The molecule has 0 saturated carbocycles. The Morgan fingerprint density at radius 3 is 2.23 bits per heavy atom. The zero-order chi connectivity index (χ0) is 10.5. The average molecular weight is 191 g/mol. The van der Waals surface area contributed by atoms with E-state index < -0.39 is 6.17 Å². The molecular formula is C10H22FNO. The van der Waals surface area contributed by atoms with Crippen LogP contribution in [0.5, 0.6) is 0 Å². The van der Waals surface area contributed by atoms with E-state index in [0.29, 0.717) is 6.54 Å². The standard InChI is InChI=1S/C8H16FNO.C2H6/c1-8(2)5-10-4-6(9)7(8)11-3;1-2/h6-7,10H,4-5H2,1-3H3;1-2H3. The van der Waals surface area contributed by atoms with Crippen LogP contribution in [0.1, 0.15) is 27.7 Å². The predicted molar refractivity (Wildman–Crippen MR) is 53.7 cm³/mol. The Morgan fingerprint density at radius 1 is 1.38 bits per heavy atom. The highest BCUT2D eigenvalue weighted by atomic mass is 19.1. The van der Waals surface area contributed by atoms with Gasteiger partial charge in [0.15, 0.2) is 0 Å². The second-order valence-electron chi connectivity index (χ2n) is 3.79. The first-order valence-electron chi connectivity index (χ1n) is 4.95. The van der Waals surface area contributed by atoms with Crippen molar-refractivity contribution < 1.29 is 9.13 Å². The van der Waals surface area contributed by atoms with E-state index in [-0.39, 0.29) is 11.5 Å². The molecule has 1 N–H and O–H groups in total. The summed E-state index contributed by atoms with van der Waals surface area (Å²) in [6.07, 6.45) is -1.13. The maximum Gasteiger partial charge on any atom is 0.139 e. The molecule has 1 aliphatic heterocycles. The molecule has 0 aromatic heterocycles. The molecular weight excluding hydrogens is 169 g/mol. The largest absolute Gasteiger partial charge is 0.378 e. The molecule has 1 aliphatic rings. The van der Waals surface area contributed by atoms with Crippen molar-refractivity contribution in [3.8, 4) is 0 Å². The molecule has 1 saturated heterocycles. The molecule has 80 valence electrons. The van der Waals surface area contributed by atoms with Crippen LogP contribution < -0.4 is 5.32 Å². The first-order valence-corrected chi connectivity index (χ1v) is 4.95. The molecule has 0 bridgehead atoms. The van der Waals surface area contributed by atoms with Gasteiger partial charge in [-0.2, -0.15) is 0 Å². The van der Waals surface area contributed by atoms with Gasteiger partial charge in [-0.25, -0.2) is 4.39 Å². The van der Waals surface area contributed by atoms with Crippen LogP contribution in [0.25, 0.3) is 0 Å². The molecule has 1 heterocycles. The minimum absolute atomic E-state index is 0.0909. The quantitative estimate of drug-likeness (QED) is 0.684. The topological polar surface area (TPSA) is 21.3 Å². The molecule has 2 nitrogen and oxygen atoms in total. The van der Waals surface area contributed by atoms with Crippen LogP contribution in [0.4, 0.5) is 4.39 Å². The van der Waals surface area contributed by atoms with Crippen LogP contribution in [0.3, 0.4) is 0 Å². The van der Waals surface area contributed by atoms with Crippen LogP contribution in [-0.4, -0.2) is 32.5 Å². The summed E-state index contributed by atoms with van der Waals surface area (Å²) in [5.74, 6) is 0. The van der Waals surface area contributed by atoms with Gasteiger partial charge in [-0.15, -0.1) is 0 Å². The summed E-state index contributed by atoms with van der Waals surface area (Å²) >= 11 is 0. The lowest BCUT2D eigenvalue weighted by Gasteiger charge is -2.39. The number of ether oxygens (including phenoxy) is 1. The van der Waals surface area contributed by atoms with Crippen LogP contribution in [0.15, 0.2) is 0 Å². The van der Waals surface area contributed by atoms with Gasteiger partial charge in [-0.3, -0.25) is 0 Å². The summed E-state index contributed by atoms with van der Waals surface area (Å²) in [4.78, 5) is 0. The van der Waals surface area contributed by atoms with E-state index in [0.717, 1.165) is 6.54 Å². The van der Waals surface area contributed by atoms with Gasteiger partial charge in [0.05, 0.1) is 6.10 Å². The lowest BCUT2D eigenvalue weighted by molar-refractivity contribution is -0.0632. The number of rotatable bonds is 1. The Balaban J connectivity index is 0.000000671. The van der Waals surface area contributed by atoms with Crippen molar-refractivity contribution in [2.45, 2.75) is 40.0 Å². The van der Waals surface area contributed by atoms with Crippen LogP contribution in [-0.2, 0) is 4.74 Å². The predicted octanol–water partition coefficient (Wildman–Crippen LogP) is 2.00. The smallest absolute Gasteiger partial charge is 0.139 e. The van der Waals surface area contributed by atoms with E-state index in [9.17, 15) is 4.39 Å². The van der Waals surface area contributed by atoms with Crippen molar-refractivity contribution >= 4 is 0 Å². The second kappa shape index (κ2) is 5.55. The number of hydrogen-bond acceptors (Lipinski definition) is 2. The fourth-order valence-electron chi connectivity index (χ4n) is 1.70. The number of piperidine rings is 1. The van der Waals surface area contributed by atoms with Gasteiger partial charge < -0.3 is 10.1 Å². The SMILES string of the molecule is CC.COC1C(F)CNCC1(C)C. The number of methoxy groups -OCH3 is 1. The monoisotopic (exact) mass is 191 g/mol. The van der Waals surface area contributed by atoms with E-state index in [1.165, 1.54) is 0 Å². The van der Waals surface area contributed by atoms with Gasteiger partial charge in [-0.1, -0.05) is 27.7 Å². The molecule has 0 radical (unpaired) electrons. The third-order valence-corrected chi connectivity index (χ3v) is 2.27. The van der Waals surface area contributed by atoms with Gasteiger partial charge in [-0.05, 0) is 0 Å². The summed E-state index contributed by atoms with van der Waals surface area (Å²) in [5.41, 5.74) is -0.0909. The highest BCUT2D eigenvalue weighted by Crippen LogP contribution is 2.28. The van der Waals surface area contributed by atoms with Gasteiger partial charge >= 0.3 is 0 Å². The summed E-state index contributed by atoms with van der Waals surface area (Å²) < 4.78 is 18.3. The first-order chi connectivity index (χ1) is 6.08. The summed E-state index contributed by atoms with van der Waals surface area (Å²) in [7, 11) is 1.57. The van der Waals surface area contributed by atoms with E-state index in [1.807, 2.05) is 27.7 Å². The van der Waals surface area contributed by atoms with Gasteiger partial charge in [0.25, 0.3) is 0 Å². The molecule has 2 atom stereocenters. The molecule has 1 fully saturated rings. The molecule has 3 heteroatoms. The van der Waals surface area contributed by atoms with E-state index in [1.54, 1.807) is 7.11 Å². The van der Waals surface area contributed by atoms with Crippen molar-refractivity contribution in [2.75, 3.05) is 20.2 Å². The fourth-order valence-corrected chi connectivity index (χ4v) is 1.70. The minimum atomic E-state index is -0.872. The molecule has 0 aromatic rings. The van der Waals surface area contributed by atoms with E-state index in [4.69, 9.17) is 4.74 Å². The molecule has 0 aliphatic carbocycles. The molecule has 1 rings (SSSR count). The summed E-state index contributed by atoms with van der Waals surface area (Å²) in [5, 5.41) is 3.03. The maximum absolute atomic E-state index is 13.2. The zero-order valence-electron chi connectivity index (χ0n) is 9.36. The van der Waals surface area contributed by atoms with Crippen LogP contribution in [0, 0.1) is 5.41 Å². The average Bonchev–Trinajstić information content (AvgIpc) is 2.07. The lowest BCUT2D eigenvalue weighted by Crippen LogP contribution is -2.54. The van der Waals surface area contributed by atoms with Crippen molar-refractivity contribution in [3.63, 3.8) is 0 Å². The zero-order valence-corrected chi connectivity index (χ0v) is 9.36. The number of nitrogens with one attached hydrogen (secondary N) is 1. The Hall–Kier alpha value is -0.150. The molecule has 0 spiro atoms. The van der Waals surface area contributed by atoms with Gasteiger partial charge in [0.1, 0.15) is 6.17 Å². The van der Waals surface area contributed by atoms with E-state index >= 15 is 0 Å². The van der Waals surface area contributed by atoms with Crippen molar-refractivity contribution in [1.29, 1.82) is 0 Å². The normalized spacial score (nSPS) is 31.8. The number of alkyl halides is 1. The molecule has 2 unspecified atom stereocenters. The van der Waals surface area contributed by atoms with Gasteiger partial charge in [0.2, 0.25) is 0 Å². The summed E-state index contributed by atoms with van der Waals surface area (Å²) in [6, 6.07) is 0. The minimum Gasteiger partial charge on any atom is -0.378 e. The lowest BCUT2D eigenvalue weighted by atomic mass is 9.81. The highest BCUT2D eigenvalue weighted by molar-refractivity contribution is 4.91. The van der Waals surface area contributed by atoms with Crippen molar-refractivity contribution in [1.82, 2.24) is 5.32 Å². The number of halogens is 1. The highest BCUT2D eigenvalue weighted by Gasteiger charge is 2.39. The number of hydrogen-bond donors (Lipinski definition) is 1. The Labute approximate surface area is 80.9 Å². The van der Waals surface area contributed by atoms with Crippen molar-refractivity contribution in [3.05, 3.63) is 0 Å². The Bertz CT molecular complexity index is 139. The van der Waals surface area contributed by atoms with Crippen LogP contribution in [0.2, 0.25) is 0 Å². The molecule has 0 aromatic carbocycles. The molecule has 0 amide bonds. The van der Waals surface area contributed by atoms with Gasteiger partial charge in [0, 0.05) is 25.6 Å². The third-order valence-electron chi connectivity index (χ3n) is 2.27. The molecule has 13 heavy (non-hydrogen) atoms. The Kier molecular flexibility index (Phi) is 5.49.